The Labute approximate surface area is 113 Å². The van der Waals surface area contributed by atoms with Crippen molar-refractivity contribution in [3.63, 3.8) is 0 Å². The predicted molar refractivity (Wildman–Crippen MR) is 68.9 cm³/mol. The third-order valence-electron chi connectivity index (χ3n) is 2.56. The minimum atomic E-state index is -0.735. The van der Waals surface area contributed by atoms with Crippen molar-refractivity contribution in [1.82, 2.24) is 0 Å². The largest absolute Gasteiger partial charge is 0.320 e. The first-order chi connectivity index (χ1) is 8.49. The van der Waals surface area contributed by atoms with Crippen LogP contribution in [0.15, 0.2) is 36.4 Å². The highest BCUT2D eigenvalue weighted by molar-refractivity contribution is 6.42. The molecule has 0 heterocycles. The summed E-state index contributed by atoms with van der Waals surface area (Å²) in [5.74, 6) is -1.36. The summed E-state index contributed by atoms with van der Waals surface area (Å²) in [5, 5.41) is 0.637. The molecule has 0 radical (unpaired) electrons. The van der Waals surface area contributed by atoms with Gasteiger partial charge >= 0.3 is 0 Å². The molecule has 0 aliphatic carbocycles. The van der Waals surface area contributed by atoms with Crippen molar-refractivity contribution < 1.29 is 8.78 Å². The Balaban J connectivity index is 2.47. The molecule has 0 aliphatic heterocycles. The third-order valence-corrected chi connectivity index (χ3v) is 3.39. The van der Waals surface area contributed by atoms with Crippen LogP contribution in [0.2, 0.25) is 10.0 Å². The van der Waals surface area contributed by atoms with Crippen molar-refractivity contribution in [3.8, 4) is 0 Å². The average molecular weight is 288 g/mol. The fourth-order valence-electron chi connectivity index (χ4n) is 1.69. The summed E-state index contributed by atoms with van der Waals surface area (Å²) >= 11 is 11.9. The van der Waals surface area contributed by atoms with Crippen molar-refractivity contribution in [3.05, 3.63) is 69.2 Å². The average Bonchev–Trinajstić information content (AvgIpc) is 2.30. The first kappa shape index (κ1) is 13.3. The molecular formula is C13H9Cl2F2N. The predicted octanol–water partition coefficient (Wildman–Crippen LogP) is 4.32. The first-order valence-corrected chi connectivity index (χ1v) is 5.90. The van der Waals surface area contributed by atoms with E-state index >= 15 is 0 Å². The molecule has 1 atom stereocenters. The molecule has 1 unspecified atom stereocenters. The second kappa shape index (κ2) is 5.22. The molecule has 94 valence electrons. The number of hydrogen-bond acceptors (Lipinski definition) is 1. The minimum absolute atomic E-state index is 0.288. The Morgan fingerprint density at radius 2 is 1.61 bits per heavy atom. The number of halogens is 4. The summed E-state index contributed by atoms with van der Waals surface area (Å²) < 4.78 is 26.3. The lowest BCUT2D eigenvalue weighted by Gasteiger charge is -2.15. The molecule has 0 spiro atoms. The lowest BCUT2D eigenvalue weighted by atomic mass is 9.99. The van der Waals surface area contributed by atoms with Crippen LogP contribution in [0, 0.1) is 11.6 Å². The van der Waals surface area contributed by atoms with Crippen LogP contribution >= 0.6 is 23.2 Å². The SMILES string of the molecule is NC(c1cc(F)cc(F)c1)c1cccc(Cl)c1Cl. The van der Waals surface area contributed by atoms with E-state index in [9.17, 15) is 8.78 Å². The normalized spacial score (nSPS) is 12.5. The van der Waals surface area contributed by atoms with Gasteiger partial charge in [0.25, 0.3) is 0 Å². The number of rotatable bonds is 2. The Bertz CT molecular complexity index is 567. The monoisotopic (exact) mass is 287 g/mol. The van der Waals surface area contributed by atoms with Gasteiger partial charge < -0.3 is 5.73 Å². The number of benzene rings is 2. The third kappa shape index (κ3) is 2.64. The molecule has 2 aromatic rings. The van der Waals surface area contributed by atoms with Crippen molar-refractivity contribution >= 4 is 23.2 Å². The van der Waals surface area contributed by atoms with E-state index in [2.05, 4.69) is 0 Å². The van der Waals surface area contributed by atoms with E-state index in [4.69, 9.17) is 28.9 Å². The van der Waals surface area contributed by atoms with Gasteiger partial charge in [-0.05, 0) is 29.3 Å². The molecule has 1 nitrogen and oxygen atoms in total. The quantitative estimate of drug-likeness (QED) is 0.875. The van der Waals surface area contributed by atoms with Gasteiger partial charge in [-0.15, -0.1) is 0 Å². The number of hydrogen-bond donors (Lipinski definition) is 1. The zero-order valence-corrected chi connectivity index (χ0v) is 10.6. The van der Waals surface area contributed by atoms with Crippen molar-refractivity contribution in [1.29, 1.82) is 0 Å². The van der Waals surface area contributed by atoms with Crippen LogP contribution in [0.1, 0.15) is 17.2 Å². The molecule has 2 aromatic carbocycles. The lowest BCUT2D eigenvalue weighted by molar-refractivity contribution is 0.577. The minimum Gasteiger partial charge on any atom is -0.320 e. The summed E-state index contributed by atoms with van der Waals surface area (Å²) in [6.07, 6.45) is 0. The summed E-state index contributed by atoms with van der Waals surface area (Å²) in [7, 11) is 0. The molecular weight excluding hydrogens is 279 g/mol. The smallest absolute Gasteiger partial charge is 0.126 e. The van der Waals surface area contributed by atoms with Gasteiger partial charge in [-0.1, -0.05) is 35.3 Å². The molecule has 0 amide bonds. The zero-order valence-electron chi connectivity index (χ0n) is 9.13. The lowest BCUT2D eigenvalue weighted by Crippen LogP contribution is -2.13. The summed E-state index contributed by atoms with van der Waals surface area (Å²) in [4.78, 5) is 0. The van der Waals surface area contributed by atoms with Crippen molar-refractivity contribution in [2.24, 2.45) is 5.73 Å². The Hall–Kier alpha value is -1.16. The second-order valence-electron chi connectivity index (χ2n) is 3.82. The van der Waals surface area contributed by atoms with E-state index in [1.54, 1.807) is 18.2 Å². The van der Waals surface area contributed by atoms with Crippen molar-refractivity contribution in [2.45, 2.75) is 6.04 Å². The number of nitrogens with two attached hydrogens (primary N) is 1. The Kier molecular flexibility index (Phi) is 3.85. The fourth-order valence-corrected chi connectivity index (χ4v) is 2.12. The highest BCUT2D eigenvalue weighted by atomic mass is 35.5. The standard InChI is InChI=1S/C13H9Cl2F2N/c14-11-3-1-2-10(12(11)15)13(18)7-4-8(16)6-9(17)5-7/h1-6,13H,18H2. The maximum absolute atomic E-state index is 13.1. The fraction of sp³-hybridized carbons (Fsp3) is 0.0769. The molecule has 0 saturated carbocycles. The van der Waals surface area contributed by atoms with Crippen LogP contribution in [0.4, 0.5) is 8.78 Å². The maximum Gasteiger partial charge on any atom is 0.126 e. The maximum atomic E-state index is 13.1. The van der Waals surface area contributed by atoms with Gasteiger partial charge in [0, 0.05) is 6.07 Å². The summed E-state index contributed by atoms with van der Waals surface area (Å²) in [6.45, 7) is 0. The molecule has 0 saturated heterocycles. The van der Waals surface area contributed by atoms with Gasteiger partial charge in [0.15, 0.2) is 0 Å². The van der Waals surface area contributed by atoms with Crippen LogP contribution in [0.25, 0.3) is 0 Å². The van der Waals surface area contributed by atoms with E-state index in [-0.39, 0.29) is 5.02 Å². The Morgan fingerprint density at radius 1 is 1.00 bits per heavy atom. The van der Waals surface area contributed by atoms with E-state index < -0.39 is 17.7 Å². The van der Waals surface area contributed by atoms with Crippen LogP contribution in [0.3, 0.4) is 0 Å². The molecule has 0 aromatic heterocycles. The van der Waals surface area contributed by atoms with Crippen LogP contribution in [-0.2, 0) is 0 Å². The van der Waals surface area contributed by atoms with Gasteiger partial charge in [-0.3, -0.25) is 0 Å². The van der Waals surface area contributed by atoms with Gasteiger partial charge in [0.05, 0.1) is 16.1 Å². The van der Waals surface area contributed by atoms with E-state index in [0.29, 0.717) is 16.1 Å². The van der Waals surface area contributed by atoms with Gasteiger partial charge in [-0.25, -0.2) is 8.78 Å². The van der Waals surface area contributed by atoms with Crippen molar-refractivity contribution in [2.75, 3.05) is 0 Å². The van der Waals surface area contributed by atoms with Gasteiger partial charge in [0.1, 0.15) is 11.6 Å². The molecule has 2 N–H and O–H groups in total. The highest BCUT2D eigenvalue weighted by Crippen LogP contribution is 2.32. The van der Waals surface area contributed by atoms with E-state index in [0.717, 1.165) is 6.07 Å². The first-order valence-electron chi connectivity index (χ1n) is 5.14. The Morgan fingerprint density at radius 3 is 2.22 bits per heavy atom. The van der Waals surface area contributed by atoms with Crippen LogP contribution in [0.5, 0.6) is 0 Å². The molecule has 2 rings (SSSR count). The summed E-state index contributed by atoms with van der Waals surface area (Å²) in [5.41, 5.74) is 6.77. The summed E-state index contributed by atoms with van der Waals surface area (Å²) in [6, 6.07) is 7.36. The zero-order chi connectivity index (χ0) is 13.3. The molecule has 0 bridgehead atoms. The van der Waals surface area contributed by atoms with E-state index in [1.807, 2.05) is 0 Å². The topological polar surface area (TPSA) is 26.0 Å². The molecule has 0 aliphatic rings. The molecule has 5 heteroatoms. The highest BCUT2D eigenvalue weighted by Gasteiger charge is 2.15. The van der Waals surface area contributed by atoms with Gasteiger partial charge in [0.2, 0.25) is 0 Å². The molecule has 0 fully saturated rings. The van der Waals surface area contributed by atoms with Crippen LogP contribution < -0.4 is 5.73 Å². The van der Waals surface area contributed by atoms with Gasteiger partial charge in [-0.2, -0.15) is 0 Å². The molecule has 18 heavy (non-hydrogen) atoms. The van der Waals surface area contributed by atoms with Crippen LogP contribution in [-0.4, -0.2) is 0 Å². The van der Waals surface area contributed by atoms with E-state index in [1.165, 1.54) is 12.1 Å². The second-order valence-corrected chi connectivity index (χ2v) is 4.61.